The Hall–Kier alpha value is -2.92. The van der Waals surface area contributed by atoms with E-state index in [9.17, 15) is 18.0 Å². The van der Waals surface area contributed by atoms with Gasteiger partial charge in [-0.05, 0) is 94.1 Å². The van der Waals surface area contributed by atoms with Crippen molar-refractivity contribution in [2.45, 2.75) is 62.5 Å². The van der Waals surface area contributed by atoms with Gasteiger partial charge in [0, 0.05) is 33.1 Å². The molecule has 3 rings (SSSR count). The fraction of sp³-hybridized carbons (Fsp3) is 0.355. The minimum absolute atomic E-state index is 0.0234. The van der Waals surface area contributed by atoms with Crippen molar-refractivity contribution in [3.63, 3.8) is 0 Å². The first-order valence-corrected chi connectivity index (χ1v) is 17.3. The summed E-state index contributed by atoms with van der Waals surface area (Å²) in [5.74, 6) is -0.431. The third-order valence-corrected chi connectivity index (χ3v) is 10.2. The first-order valence-electron chi connectivity index (χ1n) is 13.8. The maximum atomic E-state index is 14.1. The predicted molar refractivity (Wildman–Crippen MR) is 175 cm³/mol. The van der Waals surface area contributed by atoms with Gasteiger partial charge in [-0.2, -0.15) is 0 Å². The van der Waals surface area contributed by atoms with E-state index >= 15 is 0 Å². The van der Waals surface area contributed by atoms with Gasteiger partial charge in [0.2, 0.25) is 11.8 Å². The van der Waals surface area contributed by atoms with Crippen molar-refractivity contribution in [2.24, 2.45) is 0 Å². The highest BCUT2D eigenvalue weighted by atomic mass is 35.5. The zero-order chi connectivity index (χ0) is 31.7. The number of anilines is 1. The average molecular weight is 667 g/mol. The van der Waals surface area contributed by atoms with Crippen LogP contribution in [0.2, 0.25) is 10.0 Å². The first kappa shape index (κ1) is 34.6. The van der Waals surface area contributed by atoms with E-state index < -0.39 is 28.5 Å². The van der Waals surface area contributed by atoms with Crippen LogP contribution in [0.25, 0.3) is 0 Å². The third kappa shape index (κ3) is 8.81. The van der Waals surface area contributed by atoms with E-state index in [0.29, 0.717) is 34.4 Å². The molecule has 0 fully saturated rings. The van der Waals surface area contributed by atoms with E-state index in [-0.39, 0.29) is 29.1 Å². The van der Waals surface area contributed by atoms with Crippen LogP contribution < -0.4 is 14.4 Å². The van der Waals surface area contributed by atoms with E-state index in [2.05, 4.69) is 5.32 Å². The molecule has 0 saturated carbocycles. The number of nitrogens with one attached hydrogen (secondary N) is 1. The van der Waals surface area contributed by atoms with Crippen molar-refractivity contribution in [3.05, 3.63) is 82.3 Å². The van der Waals surface area contributed by atoms with Crippen LogP contribution in [0.1, 0.15) is 39.7 Å². The SMILES string of the molecule is CCOc1ccc(N(CC(=O)N(Cc2c(Cl)cccc2Cl)[C@@H](C)C(=O)N[C@@H](C)CC)S(=O)(=O)c2ccc(SC)cc2)cc1. The van der Waals surface area contributed by atoms with Crippen LogP contribution >= 0.6 is 35.0 Å². The van der Waals surface area contributed by atoms with Crippen molar-refractivity contribution in [1.82, 2.24) is 10.2 Å². The molecular formula is C31H37Cl2N3O5S2. The number of carbonyl (C=O) groups is 2. The zero-order valence-corrected chi connectivity index (χ0v) is 28.0. The van der Waals surface area contributed by atoms with Crippen molar-refractivity contribution in [3.8, 4) is 5.75 Å². The molecular weight excluding hydrogens is 629 g/mol. The normalized spacial score (nSPS) is 12.7. The number of halogens is 2. The second-order valence-electron chi connectivity index (χ2n) is 9.83. The van der Waals surface area contributed by atoms with Gasteiger partial charge in [-0.3, -0.25) is 13.9 Å². The van der Waals surface area contributed by atoms with Gasteiger partial charge in [0.1, 0.15) is 18.3 Å². The number of carbonyl (C=O) groups excluding carboxylic acids is 2. The highest BCUT2D eigenvalue weighted by Crippen LogP contribution is 2.30. The first-order chi connectivity index (χ1) is 20.4. The van der Waals surface area contributed by atoms with Gasteiger partial charge in [0.25, 0.3) is 10.0 Å². The van der Waals surface area contributed by atoms with Crippen molar-refractivity contribution >= 4 is 62.5 Å². The Morgan fingerprint density at radius 3 is 2.09 bits per heavy atom. The smallest absolute Gasteiger partial charge is 0.264 e. The van der Waals surface area contributed by atoms with Crippen LogP contribution in [0.3, 0.4) is 0 Å². The van der Waals surface area contributed by atoms with Gasteiger partial charge >= 0.3 is 0 Å². The number of benzene rings is 3. The summed E-state index contributed by atoms with van der Waals surface area (Å²) in [6.07, 6.45) is 2.59. The molecule has 0 saturated heterocycles. The molecule has 0 spiro atoms. The van der Waals surface area contributed by atoms with Crippen molar-refractivity contribution in [1.29, 1.82) is 0 Å². The molecule has 1 N–H and O–H groups in total. The molecule has 3 aromatic rings. The maximum absolute atomic E-state index is 14.1. The van der Waals surface area contributed by atoms with Gasteiger partial charge in [-0.15, -0.1) is 11.8 Å². The minimum Gasteiger partial charge on any atom is -0.494 e. The van der Waals surface area contributed by atoms with Crippen LogP contribution in [-0.2, 0) is 26.2 Å². The molecule has 0 aliphatic heterocycles. The number of rotatable bonds is 14. The summed E-state index contributed by atoms with van der Waals surface area (Å²) < 4.78 is 34.7. The largest absolute Gasteiger partial charge is 0.494 e. The average Bonchev–Trinajstić information content (AvgIpc) is 2.99. The molecule has 232 valence electrons. The Bertz CT molecular complexity index is 1480. The molecule has 3 aromatic carbocycles. The van der Waals surface area contributed by atoms with E-state index in [1.165, 1.54) is 28.8 Å². The van der Waals surface area contributed by atoms with E-state index in [0.717, 1.165) is 9.20 Å². The van der Waals surface area contributed by atoms with Gasteiger partial charge in [0.05, 0.1) is 17.2 Å². The van der Waals surface area contributed by atoms with E-state index in [4.69, 9.17) is 27.9 Å². The lowest BCUT2D eigenvalue weighted by Gasteiger charge is -2.33. The summed E-state index contributed by atoms with van der Waals surface area (Å²) in [6.45, 7) is 7.00. The highest BCUT2D eigenvalue weighted by Gasteiger charge is 2.33. The van der Waals surface area contributed by atoms with Crippen molar-refractivity contribution < 1.29 is 22.7 Å². The standard InChI is InChI=1S/C31H37Cl2N3O5S2/c1-6-21(3)34-31(38)22(4)35(19-27-28(32)9-8-10-29(27)33)30(37)20-36(23-11-13-24(14-12-23)41-7-2)43(39,40)26-17-15-25(42-5)16-18-26/h8-18,21-22H,6-7,19-20H2,1-5H3,(H,34,38)/t21-,22-/m0/s1. The van der Waals surface area contributed by atoms with Crippen LogP contribution in [-0.4, -0.2) is 56.6 Å². The Morgan fingerprint density at radius 1 is 0.953 bits per heavy atom. The number of ether oxygens (including phenoxy) is 1. The molecule has 2 amide bonds. The van der Waals surface area contributed by atoms with Crippen LogP contribution in [0.4, 0.5) is 5.69 Å². The molecule has 0 radical (unpaired) electrons. The van der Waals surface area contributed by atoms with Crippen LogP contribution in [0, 0.1) is 0 Å². The second-order valence-corrected chi connectivity index (χ2v) is 13.4. The molecule has 8 nitrogen and oxygen atoms in total. The summed E-state index contributed by atoms with van der Waals surface area (Å²) in [5, 5.41) is 3.55. The number of sulfonamides is 1. The highest BCUT2D eigenvalue weighted by molar-refractivity contribution is 7.98. The molecule has 0 bridgehead atoms. The Balaban J connectivity index is 2.07. The number of thioether (sulfide) groups is 1. The third-order valence-electron chi connectivity index (χ3n) is 6.92. The number of hydrogen-bond acceptors (Lipinski definition) is 6. The van der Waals surface area contributed by atoms with Crippen LogP contribution in [0.5, 0.6) is 5.75 Å². The lowest BCUT2D eigenvalue weighted by molar-refractivity contribution is -0.139. The monoisotopic (exact) mass is 665 g/mol. The fourth-order valence-corrected chi connectivity index (χ4v) is 6.52. The zero-order valence-electron chi connectivity index (χ0n) is 24.8. The Morgan fingerprint density at radius 2 is 1.56 bits per heavy atom. The molecule has 0 aliphatic rings. The van der Waals surface area contributed by atoms with Crippen LogP contribution in [0.15, 0.2) is 76.5 Å². The summed E-state index contributed by atoms with van der Waals surface area (Å²) in [7, 11) is -4.21. The predicted octanol–water partition coefficient (Wildman–Crippen LogP) is 6.64. The van der Waals surface area contributed by atoms with E-state index in [1.54, 1.807) is 61.5 Å². The molecule has 0 aromatic heterocycles. The molecule has 0 unspecified atom stereocenters. The molecule has 0 heterocycles. The van der Waals surface area contributed by atoms with E-state index in [1.807, 2.05) is 27.0 Å². The maximum Gasteiger partial charge on any atom is 0.264 e. The lowest BCUT2D eigenvalue weighted by Crippen LogP contribution is -2.52. The van der Waals surface area contributed by atoms with Gasteiger partial charge in [-0.1, -0.05) is 36.2 Å². The summed E-state index contributed by atoms with van der Waals surface area (Å²) in [4.78, 5) is 29.6. The second kappa shape index (κ2) is 15.7. The molecule has 0 aliphatic carbocycles. The summed E-state index contributed by atoms with van der Waals surface area (Å²) >= 11 is 14.4. The lowest BCUT2D eigenvalue weighted by atomic mass is 10.1. The quantitative estimate of drug-likeness (QED) is 0.194. The number of nitrogens with zero attached hydrogens (tertiary/aromatic N) is 2. The molecule has 43 heavy (non-hydrogen) atoms. The summed E-state index contributed by atoms with van der Waals surface area (Å²) in [6, 6.07) is 16.8. The van der Waals surface area contributed by atoms with Crippen molar-refractivity contribution in [2.75, 3.05) is 23.7 Å². The summed E-state index contributed by atoms with van der Waals surface area (Å²) in [5.41, 5.74) is 0.712. The Labute approximate surface area is 268 Å². The molecule has 2 atom stereocenters. The minimum atomic E-state index is -4.21. The fourth-order valence-electron chi connectivity index (χ4n) is 4.18. The topological polar surface area (TPSA) is 96.0 Å². The number of amides is 2. The van der Waals surface area contributed by atoms with Gasteiger partial charge in [0.15, 0.2) is 0 Å². The van der Waals surface area contributed by atoms with Gasteiger partial charge in [-0.25, -0.2) is 8.42 Å². The Kier molecular flexibility index (Phi) is 12.6. The number of hydrogen-bond donors (Lipinski definition) is 1. The molecule has 12 heteroatoms. The van der Waals surface area contributed by atoms with Gasteiger partial charge < -0.3 is 15.0 Å².